The Balaban J connectivity index is 1.36. The smallest absolute Gasteiger partial charge is 0.122 e. The Labute approximate surface area is 148 Å². The highest BCUT2D eigenvalue weighted by Gasteiger charge is 2.26. The van der Waals surface area contributed by atoms with E-state index in [9.17, 15) is 0 Å². The fourth-order valence-electron chi connectivity index (χ4n) is 3.77. The van der Waals surface area contributed by atoms with Gasteiger partial charge in [0.05, 0.1) is 32.1 Å². The average molecular weight is 342 g/mol. The van der Waals surface area contributed by atoms with E-state index < -0.39 is 0 Å². The van der Waals surface area contributed by atoms with Gasteiger partial charge in [0, 0.05) is 50.7 Å². The molecule has 6 nitrogen and oxygen atoms in total. The molecule has 2 aliphatic rings. The first-order valence-electron chi connectivity index (χ1n) is 9.14. The van der Waals surface area contributed by atoms with Gasteiger partial charge in [-0.15, -0.1) is 0 Å². The number of hydrogen-bond acceptors (Lipinski definition) is 5. The van der Waals surface area contributed by atoms with E-state index >= 15 is 0 Å². The predicted octanol–water partition coefficient (Wildman–Crippen LogP) is 1.96. The largest absolute Gasteiger partial charge is 0.381 e. The van der Waals surface area contributed by atoms with Gasteiger partial charge in [-0.2, -0.15) is 0 Å². The van der Waals surface area contributed by atoms with Crippen LogP contribution in [0.5, 0.6) is 0 Å². The van der Waals surface area contributed by atoms with Crippen molar-refractivity contribution in [1.29, 1.82) is 0 Å². The summed E-state index contributed by atoms with van der Waals surface area (Å²) in [4.78, 5) is 11.4. The lowest BCUT2D eigenvalue weighted by molar-refractivity contribution is 0.0627. The molecule has 6 heteroatoms. The van der Waals surface area contributed by atoms with E-state index in [-0.39, 0.29) is 0 Å². The van der Waals surface area contributed by atoms with E-state index in [1.807, 2.05) is 30.6 Å². The molecule has 0 aliphatic carbocycles. The second-order valence-corrected chi connectivity index (χ2v) is 7.12. The summed E-state index contributed by atoms with van der Waals surface area (Å²) in [5, 5.41) is 0. The SMILES string of the molecule is c1ccc(COCC2CN(CC3CCOC3)Cc3nccn3C2)nc1. The van der Waals surface area contributed by atoms with Gasteiger partial charge in [-0.25, -0.2) is 4.98 Å². The molecule has 134 valence electrons. The van der Waals surface area contributed by atoms with Gasteiger partial charge in [-0.3, -0.25) is 9.88 Å². The number of rotatable bonds is 6. The second-order valence-electron chi connectivity index (χ2n) is 7.12. The summed E-state index contributed by atoms with van der Waals surface area (Å²) in [6.07, 6.45) is 6.98. The van der Waals surface area contributed by atoms with Crippen LogP contribution in [-0.4, -0.2) is 52.3 Å². The van der Waals surface area contributed by atoms with Crippen LogP contribution >= 0.6 is 0 Å². The molecule has 0 saturated carbocycles. The summed E-state index contributed by atoms with van der Waals surface area (Å²) in [6.45, 7) is 7.13. The van der Waals surface area contributed by atoms with Crippen LogP contribution in [0.2, 0.25) is 0 Å². The van der Waals surface area contributed by atoms with E-state index in [0.29, 0.717) is 18.4 Å². The molecule has 0 amide bonds. The first-order valence-corrected chi connectivity index (χ1v) is 9.14. The normalized spacial score (nSPS) is 24.2. The Morgan fingerprint density at radius 1 is 1.16 bits per heavy atom. The summed E-state index contributed by atoms with van der Waals surface area (Å²) in [6, 6.07) is 5.94. The zero-order valence-electron chi connectivity index (χ0n) is 14.6. The molecule has 4 rings (SSSR count). The number of aromatic nitrogens is 3. The molecule has 1 saturated heterocycles. The Bertz CT molecular complexity index is 654. The van der Waals surface area contributed by atoms with Gasteiger partial charge in [0.15, 0.2) is 0 Å². The van der Waals surface area contributed by atoms with Gasteiger partial charge in [-0.1, -0.05) is 6.07 Å². The molecule has 4 heterocycles. The van der Waals surface area contributed by atoms with Crippen molar-refractivity contribution in [3.05, 3.63) is 48.3 Å². The van der Waals surface area contributed by atoms with Crippen molar-refractivity contribution in [1.82, 2.24) is 19.4 Å². The van der Waals surface area contributed by atoms with E-state index in [0.717, 1.165) is 57.5 Å². The summed E-state index contributed by atoms with van der Waals surface area (Å²) in [5.41, 5.74) is 0.986. The summed E-state index contributed by atoms with van der Waals surface area (Å²) >= 11 is 0. The Kier molecular flexibility index (Phi) is 5.40. The molecule has 0 N–H and O–H groups in total. The quantitative estimate of drug-likeness (QED) is 0.803. The highest BCUT2D eigenvalue weighted by atomic mass is 16.5. The van der Waals surface area contributed by atoms with Gasteiger partial charge < -0.3 is 14.0 Å². The molecular formula is C19H26N4O2. The number of imidazole rings is 1. The van der Waals surface area contributed by atoms with E-state index in [1.54, 1.807) is 0 Å². The minimum Gasteiger partial charge on any atom is -0.381 e. The minimum absolute atomic E-state index is 0.460. The first-order chi connectivity index (χ1) is 12.4. The Morgan fingerprint density at radius 2 is 2.16 bits per heavy atom. The molecular weight excluding hydrogens is 316 g/mol. The van der Waals surface area contributed by atoms with Crippen LogP contribution in [-0.2, 0) is 29.2 Å². The number of fused-ring (bicyclic) bond motifs is 1. The molecule has 2 aromatic heterocycles. The first kappa shape index (κ1) is 16.7. The zero-order valence-corrected chi connectivity index (χ0v) is 14.6. The molecule has 1 fully saturated rings. The molecule has 25 heavy (non-hydrogen) atoms. The van der Waals surface area contributed by atoms with Gasteiger partial charge in [0.25, 0.3) is 0 Å². The van der Waals surface area contributed by atoms with Crippen molar-refractivity contribution >= 4 is 0 Å². The highest BCUT2D eigenvalue weighted by molar-refractivity contribution is 5.02. The van der Waals surface area contributed by atoms with E-state index in [1.165, 1.54) is 6.42 Å². The Morgan fingerprint density at radius 3 is 3.00 bits per heavy atom. The molecule has 0 aromatic carbocycles. The van der Waals surface area contributed by atoms with Crippen LogP contribution in [0.4, 0.5) is 0 Å². The van der Waals surface area contributed by atoms with Crippen LogP contribution < -0.4 is 0 Å². The molecule has 2 unspecified atom stereocenters. The van der Waals surface area contributed by atoms with Gasteiger partial charge in [0.1, 0.15) is 5.82 Å². The number of hydrogen-bond donors (Lipinski definition) is 0. The molecule has 0 bridgehead atoms. The minimum atomic E-state index is 0.460. The summed E-state index contributed by atoms with van der Waals surface area (Å²) < 4.78 is 13.8. The zero-order chi connectivity index (χ0) is 16.9. The lowest BCUT2D eigenvalue weighted by Crippen LogP contribution is -2.34. The van der Waals surface area contributed by atoms with Crippen molar-refractivity contribution in [3.63, 3.8) is 0 Å². The van der Waals surface area contributed by atoms with Crippen molar-refractivity contribution in [2.24, 2.45) is 11.8 Å². The van der Waals surface area contributed by atoms with E-state index in [4.69, 9.17) is 9.47 Å². The van der Waals surface area contributed by atoms with Crippen molar-refractivity contribution in [2.45, 2.75) is 26.1 Å². The maximum atomic E-state index is 5.98. The van der Waals surface area contributed by atoms with Crippen LogP contribution in [0.15, 0.2) is 36.8 Å². The maximum Gasteiger partial charge on any atom is 0.122 e. The second kappa shape index (κ2) is 8.08. The van der Waals surface area contributed by atoms with Gasteiger partial charge in [0.2, 0.25) is 0 Å². The molecule has 0 radical (unpaired) electrons. The lowest BCUT2D eigenvalue weighted by atomic mass is 10.1. The van der Waals surface area contributed by atoms with Crippen LogP contribution in [0, 0.1) is 11.8 Å². The predicted molar refractivity (Wildman–Crippen MR) is 93.8 cm³/mol. The number of pyridine rings is 1. The molecule has 2 aliphatic heterocycles. The third-order valence-corrected chi connectivity index (χ3v) is 5.01. The van der Waals surface area contributed by atoms with Crippen molar-refractivity contribution in [3.8, 4) is 0 Å². The van der Waals surface area contributed by atoms with Gasteiger partial charge >= 0.3 is 0 Å². The maximum absolute atomic E-state index is 5.98. The third kappa shape index (κ3) is 4.45. The monoisotopic (exact) mass is 342 g/mol. The fraction of sp³-hybridized carbons (Fsp3) is 0.579. The fourth-order valence-corrected chi connectivity index (χ4v) is 3.77. The number of nitrogens with zero attached hydrogens (tertiary/aromatic N) is 4. The van der Waals surface area contributed by atoms with Crippen molar-refractivity contribution < 1.29 is 9.47 Å². The van der Waals surface area contributed by atoms with E-state index in [2.05, 4.69) is 25.6 Å². The van der Waals surface area contributed by atoms with Gasteiger partial charge in [-0.05, 0) is 24.5 Å². The average Bonchev–Trinajstić information content (AvgIpc) is 3.25. The van der Waals surface area contributed by atoms with Crippen LogP contribution in [0.1, 0.15) is 17.9 Å². The number of ether oxygens (including phenoxy) is 2. The molecule has 2 aromatic rings. The summed E-state index contributed by atoms with van der Waals surface area (Å²) in [5.74, 6) is 2.27. The summed E-state index contributed by atoms with van der Waals surface area (Å²) in [7, 11) is 0. The Hall–Kier alpha value is -1.76. The molecule has 2 atom stereocenters. The van der Waals surface area contributed by atoms with Crippen LogP contribution in [0.25, 0.3) is 0 Å². The van der Waals surface area contributed by atoms with Crippen molar-refractivity contribution in [2.75, 3.05) is 32.9 Å². The molecule has 0 spiro atoms. The topological polar surface area (TPSA) is 52.4 Å². The van der Waals surface area contributed by atoms with Crippen LogP contribution in [0.3, 0.4) is 0 Å². The standard InChI is InChI=1S/C19H26N4O2/c1-2-5-20-18(3-1)15-25-14-17-10-22(9-16-4-8-24-13-16)12-19-21-6-7-23(19)11-17/h1-3,5-7,16-17H,4,8-15H2. The third-order valence-electron chi connectivity index (χ3n) is 5.01. The highest BCUT2D eigenvalue weighted by Crippen LogP contribution is 2.20. The lowest BCUT2D eigenvalue weighted by Gasteiger charge is -2.25.